The Labute approximate surface area is 117 Å². The molecule has 0 aromatic heterocycles. The number of hydrogen-bond acceptors (Lipinski definition) is 3. The molecule has 0 aliphatic carbocycles. The molecule has 2 heterocycles. The van der Waals surface area contributed by atoms with E-state index in [2.05, 4.69) is 17.7 Å². The topological polar surface area (TPSA) is 35.8 Å². The van der Waals surface area contributed by atoms with Gasteiger partial charge in [-0.1, -0.05) is 60.7 Å². The molecule has 3 nitrogen and oxygen atoms in total. The maximum atomic E-state index is 11.3. The zero-order chi connectivity index (χ0) is 13.7. The summed E-state index contributed by atoms with van der Waals surface area (Å²) in [6.45, 7) is 2.21. The highest BCUT2D eigenvalue weighted by Gasteiger charge is 2.40. The lowest BCUT2D eigenvalue weighted by Gasteiger charge is -2.52. The maximum Gasteiger partial charge on any atom is 0.263 e. The molecular formula is C16H14BN2O-. The Hall–Kier alpha value is -2.33. The molecule has 0 saturated heterocycles. The SMILES string of the molecule is C=C1c2ccccc2C[B-]2(O)c3ccccc3C=NN12. The Bertz CT molecular complexity index is 756. The van der Waals surface area contributed by atoms with Crippen LogP contribution in [0.15, 0.2) is 60.2 Å². The fraction of sp³-hybridized carbons (Fsp3) is 0.0625. The monoisotopic (exact) mass is 261 g/mol. The first kappa shape index (κ1) is 11.5. The summed E-state index contributed by atoms with van der Waals surface area (Å²) in [7, 11) is 0. The van der Waals surface area contributed by atoms with Crippen LogP contribution in [0.2, 0.25) is 0 Å². The predicted molar refractivity (Wildman–Crippen MR) is 82.7 cm³/mol. The lowest BCUT2D eigenvalue weighted by molar-refractivity contribution is 0.433. The molecule has 0 saturated carbocycles. The van der Waals surface area contributed by atoms with Gasteiger partial charge in [-0.15, -0.1) is 11.8 Å². The van der Waals surface area contributed by atoms with E-state index in [1.807, 2.05) is 42.5 Å². The molecule has 0 bridgehead atoms. The van der Waals surface area contributed by atoms with Gasteiger partial charge >= 0.3 is 0 Å². The van der Waals surface area contributed by atoms with E-state index in [-0.39, 0.29) is 0 Å². The van der Waals surface area contributed by atoms with Gasteiger partial charge in [-0.25, -0.2) is 5.10 Å². The normalized spacial score (nSPS) is 23.1. The van der Waals surface area contributed by atoms with Crippen LogP contribution in [-0.4, -0.2) is 22.6 Å². The molecule has 0 fully saturated rings. The van der Waals surface area contributed by atoms with Crippen LogP contribution in [-0.2, 0) is 6.32 Å². The molecule has 1 N–H and O–H groups in total. The summed E-state index contributed by atoms with van der Waals surface area (Å²) in [5.41, 5.74) is 4.88. The van der Waals surface area contributed by atoms with Crippen LogP contribution in [0.3, 0.4) is 0 Å². The fourth-order valence-corrected chi connectivity index (χ4v) is 3.35. The first-order valence-electron chi connectivity index (χ1n) is 6.80. The molecule has 2 aliphatic heterocycles. The predicted octanol–water partition coefficient (Wildman–Crippen LogP) is 1.74. The van der Waals surface area contributed by atoms with Gasteiger partial charge in [-0.05, 0) is 11.1 Å². The minimum Gasteiger partial charge on any atom is -0.583 e. The van der Waals surface area contributed by atoms with Gasteiger partial charge in [0.2, 0.25) is 0 Å². The average molecular weight is 261 g/mol. The van der Waals surface area contributed by atoms with Crippen LogP contribution in [0, 0.1) is 0 Å². The van der Waals surface area contributed by atoms with Gasteiger partial charge in [0.05, 0.1) is 0 Å². The van der Waals surface area contributed by atoms with E-state index in [9.17, 15) is 5.02 Å². The van der Waals surface area contributed by atoms with Crippen molar-refractivity contribution in [1.82, 2.24) is 4.92 Å². The highest BCUT2D eigenvalue weighted by Crippen LogP contribution is 2.35. The number of fused-ring (bicyclic) bond motifs is 4. The average Bonchev–Trinajstić information content (AvgIpc) is 2.47. The van der Waals surface area contributed by atoms with Crippen LogP contribution in [0.5, 0.6) is 0 Å². The van der Waals surface area contributed by atoms with Crippen molar-refractivity contribution in [3.8, 4) is 0 Å². The van der Waals surface area contributed by atoms with Crippen molar-refractivity contribution in [3.05, 3.63) is 71.8 Å². The van der Waals surface area contributed by atoms with Gasteiger partial charge in [0, 0.05) is 11.9 Å². The van der Waals surface area contributed by atoms with Gasteiger partial charge in [-0.3, -0.25) is 0 Å². The minimum absolute atomic E-state index is 0.573. The van der Waals surface area contributed by atoms with Crippen molar-refractivity contribution in [3.63, 3.8) is 0 Å². The van der Waals surface area contributed by atoms with Crippen molar-refractivity contribution >= 4 is 23.9 Å². The summed E-state index contributed by atoms with van der Waals surface area (Å²) in [4.78, 5) is 1.70. The number of rotatable bonds is 0. The van der Waals surface area contributed by atoms with Crippen LogP contribution < -0.4 is 5.46 Å². The summed E-state index contributed by atoms with van der Waals surface area (Å²) in [6.07, 6.45) is 2.37. The smallest absolute Gasteiger partial charge is 0.263 e. The Morgan fingerprint density at radius 1 is 1.10 bits per heavy atom. The van der Waals surface area contributed by atoms with Crippen molar-refractivity contribution in [2.24, 2.45) is 5.10 Å². The van der Waals surface area contributed by atoms with E-state index in [1.54, 1.807) is 11.1 Å². The molecule has 0 amide bonds. The Morgan fingerprint density at radius 2 is 1.85 bits per heavy atom. The molecule has 2 aromatic rings. The van der Waals surface area contributed by atoms with Crippen molar-refractivity contribution in [1.29, 1.82) is 0 Å². The number of hydrazone groups is 1. The lowest BCUT2D eigenvalue weighted by atomic mass is 9.39. The van der Waals surface area contributed by atoms with E-state index in [0.29, 0.717) is 6.32 Å². The second-order valence-electron chi connectivity index (χ2n) is 5.47. The zero-order valence-electron chi connectivity index (χ0n) is 11.0. The summed E-state index contributed by atoms with van der Waals surface area (Å²) >= 11 is 0. The van der Waals surface area contributed by atoms with Gasteiger partial charge in [0.15, 0.2) is 0 Å². The van der Waals surface area contributed by atoms with E-state index < -0.39 is 6.48 Å². The zero-order valence-corrected chi connectivity index (χ0v) is 11.0. The molecule has 4 rings (SSSR count). The quantitative estimate of drug-likeness (QED) is 0.733. The highest BCUT2D eigenvalue weighted by atomic mass is 16.2. The second kappa shape index (κ2) is 3.84. The van der Waals surface area contributed by atoms with Crippen molar-refractivity contribution in [2.75, 3.05) is 0 Å². The van der Waals surface area contributed by atoms with Crippen LogP contribution in [0.1, 0.15) is 16.7 Å². The van der Waals surface area contributed by atoms with E-state index >= 15 is 0 Å². The Kier molecular flexibility index (Phi) is 2.21. The van der Waals surface area contributed by atoms with Gasteiger partial charge in [0.1, 0.15) is 0 Å². The van der Waals surface area contributed by atoms with Crippen LogP contribution in [0.4, 0.5) is 0 Å². The van der Waals surface area contributed by atoms with Crippen LogP contribution in [0.25, 0.3) is 5.70 Å². The number of nitrogens with zero attached hydrogens (tertiary/aromatic N) is 2. The molecule has 2 aliphatic rings. The molecule has 4 heteroatoms. The Morgan fingerprint density at radius 3 is 2.75 bits per heavy atom. The molecular weight excluding hydrogens is 247 g/mol. The van der Waals surface area contributed by atoms with Gasteiger partial charge < -0.3 is 9.94 Å². The maximum absolute atomic E-state index is 11.3. The number of hydrogen-bond donors (Lipinski definition) is 1. The molecule has 0 radical (unpaired) electrons. The third-order valence-electron chi connectivity index (χ3n) is 4.33. The molecule has 20 heavy (non-hydrogen) atoms. The number of benzene rings is 2. The van der Waals surface area contributed by atoms with Gasteiger partial charge in [0.25, 0.3) is 6.48 Å². The standard InChI is InChI=1S/C16H14BN2O/c1-12-15-8-4-2-6-13(15)10-17(20)16-9-5-3-7-14(16)11-18-19(12)17/h2-9,11,20H,1,10H2/q-1. The molecule has 1 atom stereocenters. The van der Waals surface area contributed by atoms with Crippen molar-refractivity contribution < 1.29 is 5.02 Å². The van der Waals surface area contributed by atoms with Gasteiger partial charge in [-0.2, -0.15) is 0 Å². The minimum atomic E-state index is -1.91. The van der Waals surface area contributed by atoms with E-state index in [1.165, 1.54) is 0 Å². The summed E-state index contributed by atoms with van der Waals surface area (Å²) in [6, 6.07) is 16.0. The van der Waals surface area contributed by atoms with Crippen LogP contribution >= 0.6 is 0 Å². The molecule has 2 aromatic carbocycles. The molecule has 0 spiro atoms. The summed E-state index contributed by atoms with van der Waals surface area (Å²) in [5.74, 6) is 0. The largest absolute Gasteiger partial charge is 0.583 e. The molecule has 1 unspecified atom stereocenters. The second-order valence-corrected chi connectivity index (χ2v) is 5.47. The van der Waals surface area contributed by atoms with E-state index in [0.717, 1.165) is 27.9 Å². The highest BCUT2D eigenvalue weighted by molar-refractivity contribution is 6.85. The third kappa shape index (κ3) is 1.37. The fourth-order valence-electron chi connectivity index (χ4n) is 3.35. The summed E-state index contributed by atoms with van der Waals surface area (Å²) < 4.78 is 0. The molecule has 98 valence electrons. The first-order valence-corrected chi connectivity index (χ1v) is 6.80. The summed E-state index contributed by atoms with van der Waals surface area (Å²) in [5, 5.41) is 15.7. The lowest BCUT2D eigenvalue weighted by Crippen LogP contribution is -2.66. The Balaban J connectivity index is 1.96. The third-order valence-corrected chi connectivity index (χ3v) is 4.33. The van der Waals surface area contributed by atoms with Crippen molar-refractivity contribution in [2.45, 2.75) is 6.32 Å². The first-order chi connectivity index (χ1) is 9.70. The van der Waals surface area contributed by atoms with E-state index in [4.69, 9.17) is 0 Å².